The lowest BCUT2D eigenvalue weighted by Crippen LogP contribution is -2.42. The smallest absolute Gasteiger partial charge is 0.325 e. The van der Waals surface area contributed by atoms with Gasteiger partial charge in [-0.15, -0.1) is 11.3 Å². The molecule has 0 spiro atoms. The summed E-state index contributed by atoms with van der Waals surface area (Å²) in [7, 11) is 3.17. The molecule has 0 aromatic carbocycles. The highest BCUT2D eigenvalue weighted by Crippen LogP contribution is 2.31. The molecule has 2 rings (SSSR count). The van der Waals surface area contributed by atoms with E-state index < -0.39 is 17.5 Å². The van der Waals surface area contributed by atoms with Crippen LogP contribution in [0.4, 0.5) is 4.79 Å². The van der Waals surface area contributed by atoms with Crippen LogP contribution in [0.2, 0.25) is 0 Å². The van der Waals surface area contributed by atoms with E-state index in [4.69, 9.17) is 0 Å². The third kappa shape index (κ3) is 2.21. The second-order valence-electron chi connectivity index (χ2n) is 4.71. The minimum absolute atomic E-state index is 0.237. The van der Waals surface area contributed by atoms with Crippen LogP contribution in [0.25, 0.3) is 0 Å². The lowest BCUT2D eigenvalue weighted by atomic mass is 10.0. The largest absolute Gasteiger partial charge is 0.347 e. The van der Waals surface area contributed by atoms with E-state index in [-0.39, 0.29) is 12.5 Å². The molecule has 1 aliphatic heterocycles. The summed E-state index contributed by atoms with van der Waals surface area (Å²) < 4.78 is 0. The van der Waals surface area contributed by atoms with E-state index in [2.05, 4.69) is 5.32 Å². The number of urea groups is 1. The summed E-state index contributed by atoms with van der Waals surface area (Å²) in [6.07, 6.45) is 0. The average molecular weight is 281 g/mol. The number of rotatable bonds is 3. The monoisotopic (exact) mass is 281 g/mol. The third-order valence-corrected chi connectivity index (χ3v) is 4.17. The van der Waals surface area contributed by atoms with Gasteiger partial charge in [-0.3, -0.25) is 14.5 Å². The zero-order chi connectivity index (χ0) is 14.2. The Morgan fingerprint density at radius 1 is 1.47 bits per heavy atom. The fraction of sp³-hybridized carbons (Fsp3) is 0.417. The first-order chi connectivity index (χ1) is 8.86. The molecule has 4 amide bonds. The molecule has 1 aromatic rings. The molecule has 0 aliphatic carbocycles. The van der Waals surface area contributed by atoms with Gasteiger partial charge in [0.25, 0.3) is 5.91 Å². The summed E-state index contributed by atoms with van der Waals surface area (Å²) in [6.45, 7) is 1.41. The van der Waals surface area contributed by atoms with Gasteiger partial charge >= 0.3 is 6.03 Å². The zero-order valence-corrected chi connectivity index (χ0v) is 11.8. The standard InChI is InChI=1S/C12H15N3O3S/c1-12(8-5-4-6-19-8)10(17)15(11(18)13-12)7-9(16)14(2)3/h4-6H,7H2,1-3H3,(H,13,18). The van der Waals surface area contributed by atoms with Crippen molar-refractivity contribution in [3.05, 3.63) is 22.4 Å². The van der Waals surface area contributed by atoms with E-state index >= 15 is 0 Å². The molecule has 6 nitrogen and oxygen atoms in total. The SMILES string of the molecule is CN(C)C(=O)CN1C(=O)NC(C)(c2cccs2)C1=O. The summed E-state index contributed by atoms with van der Waals surface area (Å²) in [5.74, 6) is -0.686. The Kier molecular flexibility index (Phi) is 3.32. The van der Waals surface area contributed by atoms with Gasteiger partial charge in [0.2, 0.25) is 5.91 Å². The first-order valence-electron chi connectivity index (χ1n) is 5.74. The second kappa shape index (κ2) is 4.65. The number of carbonyl (C=O) groups excluding carboxylic acids is 3. The van der Waals surface area contributed by atoms with Crippen LogP contribution in [0, 0.1) is 0 Å². The normalized spacial score (nSPS) is 22.6. The van der Waals surface area contributed by atoms with E-state index in [0.717, 1.165) is 9.78 Å². The van der Waals surface area contributed by atoms with Gasteiger partial charge in [-0.2, -0.15) is 0 Å². The molecule has 1 aromatic heterocycles. The van der Waals surface area contributed by atoms with Gasteiger partial charge < -0.3 is 10.2 Å². The fourth-order valence-corrected chi connectivity index (χ4v) is 2.68. The van der Waals surface area contributed by atoms with Gasteiger partial charge in [-0.25, -0.2) is 4.79 Å². The number of nitrogens with zero attached hydrogens (tertiary/aromatic N) is 2. The molecule has 2 heterocycles. The number of nitrogens with one attached hydrogen (secondary N) is 1. The maximum absolute atomic E-state index is 12.4. The molecule has 1 atom stereocenters. The van der Waals surface area contributed by atoms with Crippen molar-refractivity contribution in [3.63, 3.8) is 0 Å². The third-order valence-electron chi connectivity index (χ3n) is 3.08. The predicted octanol–water partition coefficient (Wildman–Crippen LogP) is 0.603. The molecule has 19 heavy (non-hydrogen) atoms. The zero-order valence-electron chi connectivity index (χ0n) is 11.0. The van der Waals surface area contributed by atoms with Crippen LogP contribution < -0.4 is 5.32 Å². The van der Waals surface area contributed by atoms with Gasteiger partial charge in [-0.05, 0) is 18.4 Å². The van der Waals surface area contributed by atoms with Crippen molar-refractivity contribution < 1.29 is 14.4 Å². The van der Waals surface area contributed by atoms with Gasteiger partial charge in [0.1, 0.15) is 6.54 Å². The van der Waals surface area contributed by atoms with Crippen LogP contribution in [-0.2, 0) is 15.1 Å². The fourth-order valence-electron chi connectivity index (χ4n) is 1.85. The Hall–Kier alpha value is -1.89. The Labute approximate surface area is 115 Å². The van der Waals surface area contributed by atoms with Crippen LogP contribution >= 0.6 is 11.3 Å². The number of imide groups is 1. The highest BCUT2D eigenvalue weighted by atomic mass is 32.1. The Morgan fingerprint density at radius 2 is 2.16 bits per heavy atom. The average Bonchev–Trinajstić information content (AvgIpc) is 2.93. The molecular formula is C12H15N3O3S. The molecule has 0 radical (unpaired) electrons. The number of thiophene rings is 1. The lowest BCUT2D eigenvalue weighted by molar-refractivity contribution is -0.137. The van der Waals surface area contributed by atoms with E-state index in [9.17, 15) is 14.4 Å². The van der Waals surface area contributed by atoms with Crippen molar-refractivity contribution in [2.75, 3.05) is 20.6 Å². The van der Waals surface area contributed by atoms with Crippen molar-refractivity contribution in [1.29, 1.82) is 0 Å². The molecule has 0 saturated carbocycles. The van der Waals surface area contributed by atoms with E-state index in [1.54, 1.807) is 27.1 Å². The minimum Gasteiger partial charge on any atom is -0.347 e. The topological polar surface area (TPSA) is 69.7 Å². The maximum Gasteiger partial charge on any atom is 0.325 e. The quantitative estimate of drug-likeness (QED) is 0.825. The van der Waals surface area contributed by atoms with Gasteiger partial charge in [0, 0.05) is 19.0 Å². The summed E-state index contributed by atoms with van der Waals surface area (Å²) >= 11 is 1.39. The van der Waals surface area contributed by atoms with Crippen molar-refractivity contribution in [2.45, 2.75) is 12.5 Å². The molecule has 1 N–H and O–H groups in total. The number of carbonyl (C=O) groups is 3. The predicted molar refractivity (Wildman–Crippen MR) is 70.6 cm³/mol. The molecule has 0 bridgehead atoms. The van der Waals surface area contributed by atoms with Crippen LogP contribution in [0.5, 0.6) is 0 Å². The Balaban J connectivity index is 2.24. The molecule has 1 aliphatic rings. The number of amides is 4. The summed E-state index contributed by atoms with van der Waals surface area (Å²) in [6, 6.07) is 3.08. The summed E-state index contributed by atoms with van der Waals surface area (Å²) in [5, 5.41) is 4.49. The number of likely N-dealkylation sites (N-methyl/N-ethyl adjacent to an activating group) is 1. The summed E-state index contributed by atoms with van der Waals surface area (Å²) in [5.41, 5.74) is -1.07. The lowest BCUT2D eigenvalue weighted by Gasteiger charge is -2.20. The molecule has 1 unspecified atom stereocenters. The maximum atomic E-state index is 12.4. The summed E-state index contributed by atoms with van der Waals surface area (Å²) in [4.78, 5) is 39.0. The minimum atomic E-state index is -1.07. The molecule has 1 fully saturated rings. The van der Waals surface area contributed by atoms with E-state index in [1.807, 2.05) is 11.4 Å². The number of hydrogen-bond donors (Lipinski definition) is 1. The van der Waals surface area contributed by atoms with Crippen molar-refractivity contribution in [2.24, 2.45) is 0 Å². The first kappa shape index (κ1) is 13.5. The molecular weight excluding hydrogens is 266 g/mol. The van der Waals surface area contributed by atoms with Crippen LogP contribution in [0.15, 0.2) is 17.5 Å². The highest BCUT2D eigenvalue weighted by Gasteiger charge is 2.50. The Bertz CT molecular complexity index is 526. The number of hydrogen-bond acceptors (Lipinski definition) is 4. The van der Waals surface area contributed by atoms with Crippen molar-refractivity contribution in [3.8, 4) is 0 Å². The second-order valence-corrected chi connectivity index (χ2v) is 5.66. The van der Waals surface area contributed by atoms with Crippen LogP contribution in [0.1, 0.15) is 11.8 Å². The van der Waals surface area contributed by atoms with Crippen LogP contribution in [-0.4, -0.2) is 48.3 Å². The Morgan fingerprint density at radius 3 is 2.68 bits per heavy atom. The van der Waals surface area contributed by atoms with E-state index in [0.29, 0.717) is 0 Å². The molecule has 7 heteroatoms. The van der Waals surface area contributed by atoms with Crippen molar-refractivity contribution >= 4 is 29.2 Å². The molecule has 102 valence electrons. The van der Waals surface area contributed by atoms with Crippen LogP contribution in [0.3, 0.4) is 0 Å². The highest BCUT2D eigenvalue weighted by molar-refractivity contribution is 7.10. The van der Waals surface area contributed by atoms with Gasteiger partial charge in [0.05, 0.1) is 0 Å². The van der Waals surface area contributed by atoms with E-state index in [1.165, 1.54) is 16.2 Å². The van der Waals surface area contributed by atoms with Gasteiger partial charge in [0.15, 0.2) is 5.54 Å². The molecule has 1 saturated heterocycles. The van der Waals surface area contributed by atoms with Gasteiger partial charge in [-0.1, -0.05) is 6.07 Å². The van der Waals surface area contributed by atoms with Crippen molar-refractivity contribution in [1.82, 2.24) is 15.1 Å². The first-order valence-corrected chi connectivity index (χ1v) is 6.62.